The fourth-order valence-corrected chi connectivity index (χ4v) is 3.63. The van der Waals surface area contributed by atoms with E-state index in [2.05, 4.69) is 25.3 Å². The zero-order chi connectivity index (χ0) is 19.5. The molecule has 0 unspecified atom stereocenters. The Morgan fingerprint density at radius 3 is 2.79 bits per heavy atom. The van der Waals surface area contributed by atoms with Gasteiger partial charge in [0.25, 0.3) is 0 Å². The van der Waals surface area contributed by atoms with Crippen LogP contribution in [0.4, 0.5) is 5.82 Å². The Kier molecular flexibility index (Phi) is 3.81. The maximum absolute atomic E-state index is 9.69. The third-order valence-electron chi connectivity index (χ3n) is 4.79. The molecule has 11 heteroatoms. The van der Waals surface area contributed by atoms with Gasteiger partial charge < -0.3 is 25.1 Å². The second kappa shape index (κ2) is 6.14. The Bertz CT molecular complexity index is 1030. The van der Waals surface area contributed by atoms with Crippen molar-refractivity contribution in [3.05, 3.63) is 24.4 Å². The molecule has 2 fully saturated rings. The van der Waals surface area contributed by atoms with Crippen molar-refractivity contribution in [3.8, 4) is 11.5 Å². The van der Waals surface area contributed by atoms with Gasteiger partial charge in [0.2, 0.25) is 0 Å². The Labute approximate surface area is 159 Å². The normalized spacial score (nSPS) is 28.7. The van der Waals surface area contributed by atoms with Gasteiger partial charge in [-0.05, 0) is 26.0 Å². The second-order valence-corrected chi connectivity index (χ2v) is 7.17. The van der Waals surface area contributed by atoms with E-state index in [0.717, 1.165) is 0 Å². The highest BCUT2D eigenvalue weighted by Crippen LogP contribution is 2.43. The number of aromatic nitrogens is 6. The number of rotatable bonds is 3. The van der Waals surface area contributed by atoms with Crippen LogP contribution in [0, 0.1) is 0 Å². The van der Waals surface area contributed by atoms with E-state index in [1.807, 2.05) is 19.9 Å². The van der Waals surface area contributed by atoms with Crippen LogP contribution in [-0.4, -0.2) is 65.8 Å². The van der Waals surface area contributed by atoms with Crippen molar-refractivity contribution in [2.45, 2.75) is 44.2 Å². The number of nitrogens with two attached hydrogens (primary N) is 1. The van der Waals surface area contributed by atoms with Crippen LogP contribution in [0.3, 0.4) is 0 Å². The third-order valence-corrected chi connectivity index (χ3v) is 4.79. The molecule has 3 aromatic rings. The average molecular weight is 385 g/mol. The van der Waals surface area contributed by atoms with Crippen LogP contribution < -0.4 is 5.73 Å². The molecule has 2 aliphatic heterocycles. The van der Waals surface area contributed by atoms with E-state index in [1.54, 1.807) is 18.3 Å². The first kappa shape index (κ1) is 17.4. The maximum Gasteiger partial charge on any atom is 0.187 e. The molecule has 0 spiro atoms. The van der Waals surface area contributed by atoms with Crippen molar-refractivity contribution in [2.24, 2.45) is 0 Å². The van der Waals surface area contributed by atoms with E-state index in [-0.39, 0.29) is 12.4 Å². The van der Waals surface area contributed by atoms with Crippen LogP contribution in [0.5, 0.6) is 0 Å². The number of fused-ring (bicyclic) bond motifs is 2. The Morgan fingerprint density at radius 1 is 1.21 bits per heavy atom. The van der Waals surface area contributed by atoms with Crippen molar-refractivity contribution in [3.63, 3.8) is 0 Å². The lowest BCUT2D eigenvalue weighted by Gasteiger charge is -2.23. The first-order valence-electron chi connectivity index (χ1n) is 8.88. The molecule has 11 nitrogen and oxygen atoms in total. The summed E-state index contributed by atoms with van der Waals surface area (Å²) in [4.78, 5) is 13.1. The first-order chi connectivity index (χ1) is 13.5. The largest absolute Gasteiger partial charge is 0.394 e. The number of ether oxygens (including phenoxy) is 3. The van der Waals surface area contributed by atoms with Crippen LogP contribution in [0.25, 0.3) is 22.7 Å². The van der Waals surface area contributed by atoms with Crippen molar-refractivity contribution in [1.29, 1.82) is 0 Å². The van der Waals surface area contributed by atoms with Crippen LogP contribution >= 0.6 is 0 Å². The van der Waals surface area contributed by atoms with Gasteiger partial charge in [-0.3, -0.25) is 4.98 Å². The minimum atomic E-state index is -0.797. The molecule has 0 aromatic carbocycles. The molecule has 28 heavy (non-hydrogen) atoms. The summed E-state index contributed by atoms with van der Waals surface area (Å²) >= 11 is 0. The van der Waals surface area contributed by atoms with Gasteiger partial charge >= 0.3 is 0 Å². The fourth-order valence-electron chi connectivity index (χ4n) is 3.63. The van der Waals surface area contributed by atoms with E-state index in [1.165, 1.54) is 4.68 Å². The summed E-state index contributed by atoms with van der Waals surface area (Å²) < 4.78 is 19.3. The summed E-state index contributed by atoms with van der Waals surface area (Å²) in [7, 11) is 0. The molecule has 5 rings (SSSR count). The number of pyridine rings is 1. The first-order valence-corrected chi connectivity index (χ1v) is 8.88. The molecule has 2 saturated heterocycles. The van der Waals surface area contributed by atoms with E-state index < -0.39 is 30.3 Å². The Morgan fingerprint density at radius 2 is 2.04 bits per heavy atom. The van der Waals surface area contributed by atoms with Crippen molar-refractivity contribution in [1.82, 2.24) is 29.9 Å². The summed E-state index contributed by atoms with van der Waals surface area (Å²) in [6, 6.07) is 5.43. The highest BCUT2D eigenvalue weighted by molar-refractivity contribution is 5.82. The van der Waals surface area contributed by atoms with Crippen molar-refractivity contribution < 1.29 is 19.3 Å². The van der Waals surface area contributed by atoms with Crippen LogP contribution in [0.1, 0.15) is 20.1 Å². The minimum Gasteiger partial charge on any atom is -0.394 e. The van der Waals surface area contributed by atoms with Crippen molar-refractivity contribution >= 4 is 17.0 Å². The molecule has 0 saturated carbocycles. The molecule has 3 N–H and O–H groups in total. The minimum absolute atomic E-state index is 0.189. The molecule has 0 radical (unpaired) electrons. The smallest absolute Gasteiger partial charge is 0.187 e. The summed E-state index contributed by atoms with van der Waals surface area (Å²) in [6.45, 7) is 3.42. The van der Waals surface area contributed by atoms with Gasteiger partial charge in [-0.25, -0.2) is 9.97 Å². The number of nitrogen functional groups attached to an aromatic ring is 1. The number of anilines is 1. The van der Waals surface area contributed by atoms with Gasteiger partial charge in [-0.1, -0.05) is 11.3 Å². The standard InChI is InChI=1S/C17H19N7O4/c1-17(2)27-11-9(7-25)26-16(12(11)28-17)24-15-10(22-23-24)13(18)20-14(21-15)8-5-3-4-6-19-8/h3-6,9,11-12,16,25H,7H2,1-2H3,(H2,18,20,21)/t9-,11-,12-,16-/m1/s1. The van der Waals surface area contributed by atoms with Gasteiger partial charge in [0.1, 0.15) is 24.0 Å². The molecule has 4 atom stereocenters. The summed E-state index contributed by atoms with van der Waals surface area (Å²) in [5.41, 5.74) is 7.40. The number of aliphatic hydroxyl groups excluding tert-OH is 1. The number of hydrogen-bond acceptors (Lipinski definition) is 10. The van der Waals surface area contributed by atoms with E-state index in [9.17, 15) is 5.11 Å². The second-order valence-electron chi connectivity index (χ2n) is 7.17. The SMILES string of the molecule is CC1(C)O[C@@H]2[C@H](O1)[C@@H](CO)O[C@H]2n1nnc2c(N)nc(-c3ccccn3)nc21. The summed E-state index contributed by atoms with van der Waals surface area (Å²) in [6.07, 6.45) is -0.493. The lowest BCUT2D eigenvalue weighted by atomic mass is 10.1. The Balaban J connectivity index is 1.61. The summed E-state index contributed by atoms with van der Waals surface area (Å²) in [5, 5.41) is 18.0. The van der Waals surface area contributed by atoms with Crippen LogP contribution in [0.15, 0.2) is 24.4 Å². The van der Waals surface area contributed by atoms with E-state index in [4.69, 9.17) is 19.9 Å². The molecule has 0 aliphatic carbocycles. The zero-order valence-corrected chi connectivity index (χ0v) is 15.3. The zero-order valence-electron chi connectivity index (χ0n) is 15.3. The van der Waals surface area contributed by atoms with Crippen molar-refractivity contribution in [2.75, 3.05) is 12.3 Å². The van der Waals surface area contributed by atoms with Gasteiger partial charge in [-0.2, -0.15) is 4.68 Å². The molecule has 0 amide bonds. The van der Waals surface area contributed by atoms with Crippen LogP contribution in [0.2, 0.25) is 0 Å². The molecule has 5 heterocycles. The average Bonchev–Trinajstić information content (AvgIpc) is 3.33. The highest BCUT2D eigenvalue weighted by Gasteiger charge is 2.56. The number of hydrogen-bond donors (Lipinski definition) is 2. The van der Waals surface area contributed by atoms with Gasteiger partial charge in [-0.15, -0.1) is 5.10 Å². The maximum atomic E-state index is 9.69. The van der Waals surface area contributed by atoms with E-state index >= 15 is 0 Å². The lowest BCUT2D eigenvalue weighted by Crippen LogP contribution is -2.31. The van der Waals surface area contributed by atoms with E-state index in [0.29, 0.717) is 22.7 Å². The number of aliphatic hydroxyl groups is 1. The fraction of sp³-hybridized carbons (Fsp3) is 0.471. The molecular weight excluding hydrogens is 366 g/mol. The van der Waals surface area contributed by atoms with Crippen LogP contribution in [-0.2, 0) is 14.2 Å². The molecule has 2 aliphatic rings. The molecule has 3 aromatic heterocycles. The quantitative estimate of drug-likeness (QED) is 0.645. The monoisotopic (exact) mass is 385 g/mol. The predicted molar refractivity (Wildman–Crippen MR) is 95.6 cm³/mol. The molecule has 0 bridgehead atoms. The number of nitrogens with zero attached hydrogens (tertiary/aromatic N) is 6. The summed E-state index contributed by atoms with van der Waals surface area (Å²) in [5.74, 6) is -0.255. The topological polar surface area (TPSA) is 143 Å². The predicted octanol–water partition coefficient (Wildman–Crippen LogP) is 0.275. The Hall–Kier alpha value is -2.73. The van der Waals surface area contributed by atoms with Gasteiger partial charge in [0.15, 0.2) is 34.8 Å². The lowest BCUT2D eigenvalue weighted by molar-refractivity contribution is -0.201. The molecular formula is C17H19N7O4. The van der Waals surface area contributed by atoms with Gasteiger partial charge in [0.05, 0.1) is 6.61 Å². The highest BCUT2D eigenvalue weighted by atomic mass is 16.8. The molecule has 146 valence electrons. The third kappa shape index (κ3) is 2.63. The van der Waals surface area contributed by atoms with Gasteiger partial charge in [0, 0.05) is 6.20 Å².